The highest BCUT2D eigenvalue weighted by Gasteiger charge is 2.42. The van der Waals surface area contributed by atoms with Crippen molar-refractivity contribution in [1.29, 1.82) is 0 Å². The van der Waals surface area contributed by atoms with Crippen LogP contribution in [0.15, 0.2) is 35.5 Å². The lowest BCUT2D eigenvalue weighted by Crippen LogP contribution is -2.50. The Kier molecular flexibility index (Phi) is 3.80. The summed E-state index contributed by atoms with van der Waals surface area (Å²) in [6, 6.07) is 2.83. The van der Waals surface area contributed by atoms with Crippen LogP contribution >= 0.6 is 11.3 Å². The third-order valence-corrected chi connectivity index (χ3v) is 5.54. The Morgan fingerprint density at radius 2 is 2.38 bits per heavy atom. The van der Waals surface area contributed by atoms with Gasteiger partial charge in [-0.3, -0.25) is 4.90 Å². The first-order chi connectivity index (χ1) is 10.4. The first-order valence-corrected chi connectivity index (χ1v) is 8.67. The number of rotatable bonds is 4. The Labute approximate surface area is 129 Å². The summed E-state index contributed by atoms with van der Waals surface area (Å²) in [6.45, 7) is 4.04. The molecule has 0 spiro atoms. The molecule has 1 aliphatic carbocycles. The van der Waals surface area contributed by atoms with Crippen LogP contribution in [0, 0.1) is 5.92 Å². The number of aromatic nitrogens is 2. The summed E-state index contributed by atoms with van der Waals surface area (Å²) >= 11 is 1.79. The molecular weight excluding hydrogens is 282 g/mol. The molecule has 0 radical (unpaired) electrons. The number of fused-ring (bicyclic) bond motifs is 1. The smallest absolute Gasteiger partial charge is 0.0946 e. The molecule has 21 heavy (non-hydrogen) atoms. The van der Waals surface area contributed by atoms with Crippen molar-refractivity contribution in [3.63, 3.8) is 0 Å². The van der Waals surface area contributed by atoms with Gasteiger partial charge in [-0.2, -0.15) is 11.3 Å². The fraction of sp³-hybridized carbons (Fsp3) is 0.562. The van der Waals surface area contributed by atoms with Crippen LogP contribution in [-0.2, 0) is 17.8 Å². The van der Waals surface area contributed by atoms with E-state index in [9.17, 15) is 0 Å². The summed E-state index contributed by atoms with van der Waals surface area (Å²) in [5, 5.41) is 4.44. The van der Waals surface area contributed by atoms with Gasteiger partial charge in [0.1, 0.15) is 0 Å². The lowest BCUT2D eigenvalue weighted by molar-refractivity contribution is -0.0785. The van der Waals surface area contributed by atoms with E-state index >= 15 is 0 Å². The standard InChI is InChI=1S/C16H21N3OS/c1-2-15-16(14(1)10-18-5-4-17-12-18)20-7-6-19(15)9-13-3-8-21-11-13/h3-5,8,11-12,14-16H,1-2,6-7,9-10H2/t14-,15+,16+/m0/s1. The molecule has 0 aromatic carbocycles. The van der Waals surface area contributed by atoms with E-state index in [2.05, 4.69) is 37.5 Å². The number of thiophene rings is 1. The summed E-state index contributed by atoms with van der Waals surface area (Å²) in [5.74, 6) is 0.620. The fourth-order valence-electron chi connectivity index (χ4n) is 3.81. The normalized spacial score (nSPS) is 29.6. The minimum absolute atomic E-state index is 0.389. The second-order valence-corrected chi connectivity index (χ2v) is 6.88. The molecule has 0 unspecified atom stereocenters. The van der Waals surface area contributed by atoms with Crippen LogP contribution < -0.4 is 0 Å². The van der Waals surface area contributed by atoms with Gasteiger partial charge in [0.25, 0.3) is 0 Å². The summed E-state index contributed by atoms with van der Waals surface area (Å²) in [6.07, 6.45) is 8.73. The molecule has 2 aromatic rings. The predicted octanol–water partition coefficient (Wildman–Crippen LogP) is 2.62. The molecule has 0 N–H and O–H groups in total. The molecule has 4 nitrogen and oxygen atoms in total. The van der Waals surface area contributed by atoms with Crippen molar-refractivity contribution < 1.29 is 4.74 Å². The van der Waals surface area contributed by atoms with Crippen LogP contribution in [0.25, 0.3) is 0 Å². The van der Waals surface area contributed by atoms with Crippen molar-refractivity contribution in [1.82, 2.24) is 14.5 Å². The SMILES string of the molecule is c1cn(C[C@@H]2CC[C@@H]3[C@@H]2OCCN3Cc2ccsc2)cn1. The van der Waals surface area contributed by atoms with E-state index in [1.165, 1.54) is 18.4 Å². The van der Waals surface area contributed by atoms with Crippen molar-refractivity contribution in [2.75, 3.05) is 13.2 Å². The molecule has 1 aliphatic heterocycles. The van der Waals surface area contributed by atoms with Gasteiger partial charge in [-0.25, -0.2) is 4.98 Å². The second kappa shape index (κ2) is 5.91. The zero-order chi connectivity index (χ0) is 14.1. The molecule has 0 amide bonds. The average Bonchev–Trinajstić information content (AvgIpc) is 3.22. The molecule has 4 rings (SSSR count). The zero-order valence-corrected chi connectivity index (χ0v) is 12.9. The van der Waals surface area contributed by atoms with E-state index < -0.39 is 0 Å². The third kappa shape index (κ3) is 2.78. The highest BCUT2D eigenvalue weighted by Crippen LogP contribution is 2.36. The Bertz CT molecular complexity index is 554. The molecule has 1 saturated carbocycles. The Balaban J connectivity index is 1.44. The predicted molar refractivity (Wildman–Crippen MR) is 83.2 cm³/mol. The summed E-state index contributed by atoms with van der Waals surface area (Å²) in [5.41, 5.74) is 1.44. The van der Waals surface area contributed by atoms with E-state index in [1.807, 2.05) is 12.5 Å². The first-order valence-electron chi connectivity index (χ1n) is 7.72. The third-order valence-electron chi connectivity index (χ3n) is 4.81. The van der Waals surface area contributed by atoms with E-state index in [1.54, 1.807) is 11.3 Å². The van der Waals surface area contributed by atoms with Crippen molar-refractivity contribution in [3.8, 4) is 0 Å². The maximum absolute atomic E-state index is 6.14. The molecule has 112 valence electrons. The van der Waals surface area contributed by atoms with Gasteiger partial charge in [0.05, 0.1) is 19.0 Å². The maximum atomic E-state index is 6.14. The first kappa shape index (κ1) is 13.5. The van der Waals surface area contributed by atoms with Crippen LogP contribution in [0.5, 0.6) is 0 Å². The van der Waals surface area contributed by atoms with Gasteiger partial charge in [0.15, 0.2) is 0 Å². The van der Waals surface area contributed by atoms with Gasteiger partial charge < -0.3 is 9.30 Å². The second-order valence-electron chi connectivity index (χ2n) is 6.10. The van der Waals surface area contributed by atoms with Crippen LogP contribution in [0.1, 0.15) is 18.4 Å². The number of hydrogen-bond acceptors (Lipinski definition) is 4. The molecule has 5 heteroatoms. The monoisotopic (exact) mass is 303 g/mol. The van der Waals surface area contributed by atoms with E-state index in [-0.39, 0.29) is 0 Å². The highest BCUT2D eigenvalue weighted by molar-refractivity contribution is 7.07. The van der Waals surface area contributed by atoms with E-state index in [0.717, 1.165) is 26.2 Å². The number of hydrogen-bond donors (Lipinski definition) is 0. The Hall–Kier alpha value is -1.17. The van der Waals surface area contributed by atoms with Gasteiger partial charge >= 0.3 is 0 Å². The minimum Gasteiger partial charge on any atom is -0.375 e. The summed E-state index contributed by atoms with van der Waals surface area (Å²) in [4.78, 5) is 6.78. The fourth-order valence-corrected chi connectivity index (χ4v) is 4.47. The largest absolute Gasteiger partial charge is 0.375 e. The van der Waals surface area contributed by atoms with Crippen LogP contribution in [0.4, 0.5) is 0 Å². The zero-order valence-electron chi connectivity index (χ0n) is 12.1. The molecule has 2 aliphatic rings. The topological polar surface area (TPSA) is 30.3 Å². The summed E-state index contributed by atoms with van der Waals surface area (Å²) < 4.78 is 8.33. The van der Waals surface area contributed by atoms with Crippen LogP contribution in [-0.4, -0.2) is 39.7 Å². The van der Waals surface area contributed by atoms with Crippen LogP contribution in [0.2, 0.25) is 0 Å². The number of ether oxygens (including phenoxy) is 1. The van der Waals surface area contributed by atoms with Crippen molar-refractivity contribution in [2.45, 2.75) is 38.1 Å². The molecule has 0 bridgehead atoms. The highest BCUT2D eigenvalue weighted by atomic mass is 32.1. The summed E-state index contributed by atoms with van der Waals surface area (Å²) in [7, 11) is 0. The van der Waals surface area contributed by atoms with Gasteiger partial charge in [-0.15, -0.1) is 0 Å². The number of nitrogens with zero attached hydrogens (tertiary/aromatic N) is 3. The van der Waals surface area contributed by atoms with Crippen molar-refractivity contribution in [2.24, 2.45) is 5.92 Å². The van der Waals surface area contributed by atoms with Gasteiger partial charge in [0.2, 0.25) is 0 Å². The van der Waals surface area contributed by atoms with Crippen molar-refractivity contribution in [3.05, 3.63) is 41.1 Å². The quantitative estimate of drug-likeness (QED) is 0.870. The molecule has 3 heterocycles. The van der Waals surface area contributed by atoms with Gasteiger partial charge in [-0.05, 0) is 35.2 Å². The Morgan fingerprint density at radius 1 is 1.38 bits per heavy atom. The molecule has 1 saturated heterocycles. The van der Waals surface area contributed by atoms with E-state index in [4.69, 9.17) is 4.74 Å². The molecule has 3 atom stereocenters. The van der Waals surface area contributed by atoms with Gasteiger partial charge in [0, 0.05) is 44.0 Å². The maximum Gasteiger partial charge on any atom is 0.0946 e. The number of morpholine rings is 1. The lowest BCUT2D eigenvalue weighted by Gasteiger charge is -2.39. The van der Waals surface area contributed by atoms with Gasteiger partial charge in [-0.1, -0.05) is 0 Å². The van der Waals surface area contributed by atoms with E-state index in [0.29, 0.717) is 18.1 Å². The van der Waals surface area contributed by atoms with Crippen molar-refractivity contribution >= 4 is 11.3 Å². The number of imidazole rings is 1. The minimum atomic E-state index is 0.389. The Morgan fingerprint density at radius 3 is 3.19 bits per heavy atom. The molecule has 2 aromatic heterocycles. The average molecular weight is 303 g/mol. The molecular formula is C16H21N3OS. The lowest BCUT2D eigenvalue weighted by atomic mass is 10.0. The van der Waals surface area contributed by atoms with Crippen LogP contribution in [0.3, 0.4) is 0 Å². The molecule has 2 fully saturated rings.